The lowest BCUT2D eigenvalue weighted by Gasteiger charge is -2.06. The quantitative estimate of drug-likeness (QED) is 0.788. The maximum atomic E-state index is 11.4. The Bertz CT molecular complexity index is 359. The van der Waals surface area contributed by atoms with Crippen molar-refractivity contribution in [2.24, 2.45) is 0 Å². The lowest BCUT2D eigenvalue weighted by molar-refractivity contribution is -0.142. The van der Waals surface area contributed by atoms with E-state index in [0.717, 1.165) is 17.7 Å². The highest BCUT2D eigenvalue weighted by Crippen LogP contribution is 2.11. The van der Waals surface area contributed by atoms with Gasteiger partial charge in [0.05, 0.1) is 13.0 Å². The van der Waals surface area contributed by atoms with Crippen LogP contribution in [0.1, 0.15) is 32.3 Å². The third kappa shape index (κ3) is 4.99. The number of rotatable bonds is 6. The normalized spacial score (nSPS) is 9.89. The van der Waals surface area contributed by atoms with Crippen molar-refractivity contribution in [1.82, 2.24) is 0 Å². The molecule has 4 heteroatoms. The molecule has 0 aliphatic heterocycles. The highest BCUT2D eigenvalue weighted by atomic mass is 16.5. The van der Waals surface area contributed by atoms with E-state index in [0.29, 0.717) is 13.0 Å². The SMILES string of the molecule is CCCC(=O)Nc1ccc(CC(=O)OCC)cc1. The predicted octanol–water partition coefficient (Wildman–Crippen LogP) is 2.53. The molecule has 0 fully saturated rings. The third-order valence-corrected chi connectivity index (χ3v) is 2.37. The monoisotopic (exact) mass is 249 g/mol. The second-order valence-corrected chi connectivity index (χ2v) is 3.98. The van der Waals surface area contributed by atoms with Crippen LogP contribution < -0.4 is 5.32 Å². The smallest absolute Gasteiger partial charge is 0.310 e. The molecule has 0 heterocycles. The van der Waals surface area contributed by atoms with E-state index in [1.165, 1.54) is 0 Å². The Morgan fingerprint density at radius 1 is 1.17 bits per heavy atom. The summed E-state index contributed by atoms with van der Waals surface area (Å²) in [6.45, 7) is 4.14. The Kier molecular flexibility index (Phi) is 5.91. The first kappa shape index (κ1) is 14.2. The third-order valence-electron chi connectivity index (χ3n) is 2.37. The zero-order chi connectivity index (χ0) is 13.4. The number of nitrogens with one attached hydrogen (secondary N) is 1. The summed E-state index contributed by atoms with van der Waals surface area (Å²) in [5.41, 5.74) is 1.63. The van der Waals surface area contributed by atoms with Crippen LogP contribution in [0.5, 0.6) is 0 Å². The number of carbonyl (C=O) groups excluding carboxylic acids is 2. The molecule has 18 heavy (non-hydrogen) atoms. The summed E-state index contributed by atoms with van der Waals surface area (Å²) in [6, 6.07) is 7.22. The molecule has 1 rings (SSSR count). The van der Waals surface area contributed by atoms with Gasteiger partial charge in [0.15, 0.2) is 0 Å². The van der Waals surface area contributed by atoms with Gasteiger partial charge >= 0.3 is 5.97 Å². The fraction of sp³-hybridized carbons (Fsp3) is 0.429. The summed E-state index contributed by atoms with van der Waals surface area (Å²) >= 11 is 0. The maximum absolute atomic E-state index is 11.4. The van der Waals surface area contributed by atoms with E-state index in [1.54, 1.807) is 19.1 Å². The summed E-state index contributed by atoms with van der Waals surface area (Å²) in [6.07, 6.45) is 1.61. The minimum absolute atomic E-state index is 0.00985. The highest BCUT2D eigenvalue weighted by Gasteiger charge is 2.04. The van der Waals surface area contributed by atoms with Gasteiger partial charge in [0.25, 0.3) is 0 Å². The first-order valence-electron chi connectivity index (χ1n) is 6.20. The van der Waals surface area contributed by atoms with E-state index < -0.39 is 0 Å². The molecule has 98 valence electrons. The van der Waals surface area contributed by atoms with Crippen LogP contribution in [0.2, 0.25) is 0 Å². The first-order valence-corrected chi connectivity index (χ1v) is 6.20. The van der Waals surface area contributed by atoms with Gasteiger partial charge in [0, 0.05) is 12.1 Å². The van der Waals surface area contributed by atoms with Gasteiger partial charge in [-0.25, -0.2) is 0 Å². The molecule has 0 atom stereocenters. The molecule has 0 spiro atoms. The molecule has 1 aromatic carbocycles. The Labute approximate surface area is 107 Å². The van der Waals surface area contributed by atoms with Gasteiger partial charge in [0.2, 0.25) is 5.91 Å². The van der Waals surface area contributed by atoms with Crippen molar-refractivity contribution < 1.29 is 14.3 Å². The van der Waals surface area contributed by atoms with E-state index in [2.05, 4.69) is 5.32 Å². The van der Waals surface area contributed by atoms with Gasteiger partial charge in [-0.3, -0.25) is 9.59 Å². The van der Waals surface area contributed by atoms with Crippen LogP contribution in [-0.4, -0.2) is 18.5 Å². The number of amides is 1. The molecule has 1 N–H and O–H groups in total. The van der Waals surface area contributed by atoms with E-state index in [4.69, 9.17) is 4.74 Å². The van der Waals surface area contributed by atoms with Crippen LogP contribution in [0.4, 0.5) is 5.69 Å². The van der Waals surface area contributed by atoms with Crippen molar-refractivity contribution in [2.75, 3.05) is 11.9 Å². The van der Waals surface area contributed by atoms with Gasteiger partial charge in [-0.2, -0.15) is 0 Å². The molecule has 0 saturated carbocycles. The summed E-state index contributed by atoms with van der Waals surface area (Å²) < 4.78 is 4.86. The summed E-state index contributed by atoms with van der Waals surface area (Å²) in [5.74, 6) is -0.226. The summed E-state index contributed by atoms with van der Waals surface area (Å²) in [5, 5.41) is 2.79. The molecular weight excluding hydrogens is 230 g/mol. The molecule has 0 bridgehead atoms. The standard InChI is InChI=1S/C14H19NO3/c1-3-5-13(16)15-12-8-6-11(7-9-12)10-14(17)18-4-2/h6-9H,3-5,10H2,1-2H3,(H,15,16). The zero-order valence-electron chi connectivity index (χ0n) is 10.9. The molecule has 1 aromatic rings. The van der Waals surface area contributed by atoms with Gasteiger partial charge in [0.1, 0.15) is 0 Å². The molecule has 4 nitrogen and oxygen atoms in total. The minimum atomic E-state index is -0.236. The number of benzene rings is 1. The fourth-order valence-corrected chi connectivity index (χ4v) is 1.54. The highest BCUT2D eigenvalue weighted by molar-refractivity contribution is 5.90. The van der Waals surface area contributed by atoms with Crippen LogP contribution >= 0.6 is 0 Å². The lowest BCUT2D eigenvalue weighted by atomic mass is 10.1. The Morgan fingerprint density at radius 2 is 1.83 bits per heavy atom. The van der Waals surface area contributed by atoms with Gasteiger partial charge in [-0.05, 0) is 31.0 Å². The minimum Gasteiger partial charge on any atom is -0.466 e. The summed E-state index contributed by atoms with van der Waals surface area (Å²) in [7, 11) is 0. The molecule has 0 aliphatic rings. The molecule has 0 unspecified atom stereocenters. The number of ether oxygens (including phenoxy) is 1. The van der Waals surface area contributed by atoms with E-state index >= 15 is 0 Å². The van der Waals surface area contributed by atoms with Gasteiger partial charge in [-0.15, -0.1) is 0 Å². The van der Waals surface area contributed by atoms with Crippen molar-refractivity contribution in [1.29, 1.82) is 0 Å². The number of hydrogen-bond donors (Lipinski definition) is 1. The van der Waals surface area contributed by atoms with Crippen LogP contribution in [0, 0.1) is 0 Å². The predicted molar refractivity (Wildman–Crippen MR) is 70.3 cm³/mol. The van der Waals surface area contributed by atoms with Crippen LogP contribution in [-0.2, 0) is 20.7 Å². The lowest BCUT2D eigenvalue weighted by Crippen LogP contribution is -2.11. The molecule has 1 amide bonds. The largest absolute Gasteiger partial charge is 0.466 e. The summed E-state index contributed by atoms with van der Waals surface area (Å²) in [4.78, 5) is 22.6. The van der Waals surface area contributed by atoms with E-state index in [9.17, 15) is 9.59 Å². The van der Waals surface area contributed by atoms with Crippen molar-refractivity contribution in [3.8, 4) is 0 Å². The van der Waals surface area contributed by atoms with Crippen LogP contribution in [0.25, 0.3) is 0 Å². The molecule has 0 radical (unpaired) electrons. The van der Waals surface area contributed by atoms with Gasteiger partial charge in [-0.1, -0.05) is 19.1 Å². The molecule has 0 aliphatic carbocycles. The zero-order valence-corrected chi connectivity index (χ0v) is 10.9. The molecular formula is C14H19NO3. The van der Waals surface area contributed by atoms with E-state index in [-0.39, 0.29) is 18.3 Å². The Balaban J connectivity index is 2.52. The number of hydrogen-bond acceptors (Lipinski definition) is 3. The number of anilines is 1. The van der Waals surface area contributed by atoms with Crippen molar-refractivity contribution in [2.45, 2.75) is 33.1 Å². The van der Waals surface area contributed by atoms with Crippen LogP contribution in [0.3, 0.4) is 0 Å². The van der Waals surface area contributed by atoms with Crippen molar-refractivity contribution in [3.05, 3.63) is 29.8 Å². The second-order valence-electron chi connectivity index (χ2n) is 3.98. The van der Waals surface area contributed by atoms with E-state index in [1.807, 2.05) is 19.1 Å². The fourth-order valence-electron chi connectivity index (χ4n) is 1.54. The van der Waals surface area contributed by atoms with Crippen molar-refractivity contribution in [3.63, 3.8) is 0 Å². The number of carbonyl (C=O) groups is 2. The first-order chi connectivity index (χ1) is 8.65. The average molecular weight is 249 g/mol. The maximum Gasteiger partial charge on any atom is 0.310 e. The Hall–Kier alpha value is -1.84. The Morgan fingerprint density at radius 3 is 2.39 bits per heavy atom. The van der Waals surface area contributed by atoms with Crippen LogP contribution in [0.15, 0.2) is 24.3 Å². The van der Waals surface area contributed by atoms with Crippen molar-refractivity contribution >= 4 is 17.6 Å². The number of esters is 1. The second kappa shape index (κ2) is 7.48. The topological polar surface area (TPSA) is 55.4 Å². The average Bonchev–Trinajstić information content (AvgIpc) is 2.32. The van der Waals surface area contributed by atoms with Gasteiger partial charge < -0.3 is 10.1 Å². The molecule has 0 saturated heterocycles. The molecule has 0 aromatic heterocycles.